The molecule has 1 aliphatic carbocycles. The molecule has 1 heteroatoms. The fourth-order valence-corrected chi connectivity index (χ4v) is 2.97. The normalized spacial score (nSPS) is 41.8. The molecule has 1 unspecified atom stereocenters. The zero-order valence-electron chi connectivity index (χ0n) is 8.40. The van der Waals surface area contributed by atoms with Gasteiger partial charge in [-0.3, -0.25) is 0 Å². The summed E-state index contributed by atoms with van der Waals surface area (Å²) in [4.78, 5) is 0. The van der Waals surface area contributed by atoms with Crippen molar-refractivity contribution < 1.29 is 0 Å². The Labute approximate surface area is 75.9 Å². The molecule has 70 valence electrons. The molecule has 0 amide bonds. The lowest BCUT2D eigenvalue weighted by Gasteiger charge is -2.26. The minimum Gasteiger partial charge on any atom is -0.308 e. The molecule has 2 fully saturated rings. The van der Waals surface area contributed by atoms with E-state index in [4.69, 9.17) is 0 Å². The highest BCUT2D eigenvalue weighted by molar-refractivity contribution is 5.09. The van der Waals surface area contributed by atoms with Gasteiger partial charge in [-0.15, -0.1) is 0 Å². The lowest BCUT2D eigenvalue weighted by Crippen LogP contribution is -2.30. The first-order valence-electron chi connectivity index (χ1n) is 5.50. The maximum atomic E-state index is 3.62. The van der Waals surface area contributed by atoms with Gasteiger partial charge in [0.2, 0.25) is 0 Å². The summed E-state index contributed by atoms with van der Waals surface area (Å²) < 4.78 is 0. The first-order chi connectivity index (χ1) is 5.75. The number of nitrogens with one attached hydrogen (secondary N) is 1. The Morgan fingerprint density at radius 2 is 2.00 bits per heavy atom. The summed E-state index contributed by atoms with van der Waals surface area (Å²) in [6.07, 6.45) is 7.29. The van der Waals surface area contributed by atoms with Gasteiger partial charge in [0.25, 0.3) is 0 Å². The van der Waals surface area contributed by atoms with Crippen molar-refractivity contribution in [1.82, 2.24) is 5.32 Å². The van der Waals surface area contributed by atoms with Crippen molar-refractivity contribution in [1.29, 1.82) is 0 Å². The quantitative estimate of drug-likeness (QED) is 0.596. The minimum absolute atomic E-state index is 0.602. The lowest BCUT2D eigenvalue weighted by molar-refractivity contribution is 0.277. The van der Waals surface area contributed by atoms with Gasteiger partial charge in [0.1, 0.15) is 0 Å². The Morgan fingerprint density at radius 3 is 2.58 bits per heavy atom. The van der Waals surface area contributed by atoms with Crippen LogP contribution in [-0.2, 0) is 0 Å². The molecule has 2 atom stereocenters. The highest BCUT2D eigenvalue weighted by Crippen LogP contribution is 2.42. The Morgan fingerprint density at radius 1 is 1.25 bits per heavy atom. The Balaban J connectivity index is 2.06. The van der Waals surface area contributed by atoms with Crippen molar-refractivity contribution in [2.75, 3.05) is 6.54 Å². The van der Waals surface area contributed by atoms with E-state index in [0.717, 1.165) is 11.8 Å². The zero-order valence-corrected chi connectivity index (χ0v) is 8.40. The van der Waals surface area contributed by atoms with Crippen molar-refractivity contribution in [3.05, 3.63) is 0 Å². The third-order valence-corrected chi connectivity index (χ3v) is 3.78. The van der Waals surface area contributed by atoms with E-state index in [2.05, 4.69) is 19.2 Å². The number of rotatable bonds is 1. The molecule has 2 aliphatic rings. The van der Waals surface area contributed by atoms with E-state index in [0.29, 0.717) is 5.54 Å². The molecule has 1 spiro atoms. The van der Waals surface area contributed by atoms with E-state index in [1.54, 1.807) is 0 Å². The number of hydrogen-bond acceptors (Lipinski definition) is 1. The average molecular weight is 167 g/mol. The highest BCUT2D eigenvalue weighted by Gasteiger charge is 2.49. The van der Waals surface area contributed by atoms with E-state index in [1.807, 2.05) is 0 Å². The second-order valence-electron chi connectivity index (χ2n) is 4.96. The van der Waals surface area contributed by atoms with Gasteiger partial charge in [0.05, 0.1) is 0 Å². The van der Waals surface area contributed by atoms with Crippen molar-refractivity contribution in [3.63, 3.8) is 0 Å². The molecule has 12 heavy (non-hydrogen) atoms. The third-order valence-electron chi connectivity index (χ3n) is 3.78. The van der Waals surface area contributed by atoms with E-state index in [-0.39, 0.29) is 0 Å². The summed E-state index contributed by atoms with van der Waals surface area (Å²) in [5.41, 5.74) is 0.602. The second-order valence-corrected chi connectivity index (χ2v) is 4.96. The summed E-state index contributed by atoms with van der Waals surface area (Å²) in [6.45, 7) is 6.07. The molecule has 1 N–H and O–H groups in total. The van der Waals surface area contributed by atoms with Crippen LogP contribution in [0.3, 0.4) is 0 Å². The molecule has 0 radical (unpaired) electrons. The fraction of sp³-hybridized carbons (Fsp3) is 1.00. The fourth-order valence-electron chi connectivity index (χ4n) is 2.97. The van der Waals surface area contributed by atoms with Crippen molar-refractivity contribution in [2.24, 2.45) is 11.8 Å². The number of hydrogen-bond donors (Lipinski definition) is 1. The summed E-state index contributed by atoms with van der Waals surface area (Å²) in [6, 6.07) is 0. The topological polar surface area (TPSA) is 21.9 Å². The van der Waals surface area contributed by atoms with E-state index in [9.17, 15) is 0 Å². The molecule has 0 aromatic rings. The van der Waals surface area contributed by atoms with Gasteiger partial charge in [-0.25, -0.2) is 0 Å². The Bertz CT molecular complexity index is 158. The molecule has 0 aromatic heterocycles. The Hall–Kier alpha value is -0.0400. The summed E-state index contributed by atoms with van der Waals surface area (Å²) in [7, 11) is 0. The van der Waals surface area contributed by atoms with Crippen LogP contribution in [0, 0.1) is 11.8 Å². The van der Waals surface area contributed by atoms with Crippen LogP contribution in [0.2, 0.25) is 0 Å². The van der Waals surface area contributed by atoms with Crippen molar-refractivity contribution in [2.45, 2.75) is 51.5 Å². The van der Waals surface area contributed by atoms with Crippen molar-refractivity contribution in [3.8, 4) is 0 Å². The van der Waals surface area contributed by atoms with Gasteiger partial charge in [0, 0.05) is 12.1 Å². The SMILES string of the molecule is CC(C)C1CCCCC[C@]12CN2. The van der Waals surface area contributed by atoms with Gasteiger partial charge in [0.15, 0.2) is 0 Å². The van der Waals surface area contributed by atoms with Gasteiger partial charge in [-0.05, 0) is 24.7 Å². The Kier molecular flexibility index (Phi) is 2.16. The van der Waals surface area contributed by atoms with Crippen LogP contribution >= 0.6 is 0 Å². The van der Waals surface area contributed by atoms with Crippen LogP contribution in [0.1, 0.15) is 46.0 Å². The molecule has 1 heterocycles. The molecular weight excluding hydrogens is 146 g/mol. The molecule has 1 saturated heterocycles. The van der Waals surface area contributed by atoms with Gasteiger partial charge in [-0.1, -0.05) is 33.1 Å². The van der Waals surface area contributed by atoms with E-state index < -0.39 is 0 Å². The second kappa shape index (κ2) is 3.02. The zero-order chi connectivity index (χ0) is 8.60. The van der Waals surface area contributed by atoms with Crippen LogP contribution in [0.5, 0.6) is 0 Å². The van der Waals surface area contributed by atoms with Crippen molar-refractivity contribution >= 4 is 0 Å². The van der Waals surface area contributed by atoms with Crippen LogP contribution in [0.25, 0.3) is 0 Å². The molecule has 0 aromatic carbocycles. The standard InChI is InChI=1S/C11H21N/c1-9(2)10-6-4-3-5-7-11(10)8-12-11/h9-10,12H,3-8H2,1-2H3/t10?,11-/m0/s1. The summed E-state index contributed by atoms with van der Waals surface area (Å²) in [5, 5.41) is 3.62. The largest absolute Gasteiger partial charge is 0.308 e. The third kappa shape index (κ3) is 1.39. The molecule has 1 nitrogen and oxygen atoms in total. The lowest BCUT2D eigenvalue weighted by atomic mass is 9.79. The maximum Gasteiger partial charge on any atom is 0.0337 e. The first-order valence-corrected chi connectivity index (χ1v) is 5.50. The predicted octanol–water partition coefficient (Wildman–Crippen LogP) is 2.56. The molecule has 1 aliphatic heterocycles. The van der Waals surface area contributed by atoms with E-state index >= 15 is 0 Å². The molecular formula is C11H21N. The smallest absolute Gasteiger partial charge is 0.0337 e. The van der Waals surface area contributed by atoms with E-state index in [1.165, 1.54) is 38.6 Å². The maximum absolute atomic E-state index is 3.62. The van der Waals surface area contributed by atoms with Crippen LogP contribution in [-0.4, -0.2) is 12.1 Å². The summed E-state index contributed by atoms with van der Waals surface area (Å²) >= 11 is 0. The predicted molar refractivity (Wildman–Crippen MR) is 52.1 cm³/mol. The molecule has 1 saturated carbocycles. The minimum atomic E-state index is 0.602. The van der Waals surface area contributed by atoms with Crippen LogP contribution in [0.15, 0.2) is 0 Å². The monoisotopic (exact) mass is 167 g/mol. The van der Waals surface area contributed by atoms with Crippen LogP contribution in [0.4, 0.5) is 0 Å². The molecule has 2 rings (SSSR count). The average Bonchev–Trinajstić information content (AvgIpc) is 2.80. The van der Waals surface area contributed by atoms with Crippen LogP contribution < -0.4 is 5.32 Å². The van der Waals surface area contributed by atoms with Gasteiger partial charge >= 0.3 is 0 Å². The van der Waals surface area contributed by atoms with Gasteiger partial charge in [-0.2, -0.15) is 0 Å². The first kappa shape index (κ1) is 8.55. The summed E-state index contributed by atoms with van der Waals surface area (Å²) in [5.74, 6) is 1.83. The van der Waals surface area contributed by atoms with Gasteiger partial charge < -0.3 is 5.32 Å². The highest BCUT2D eigenvalue weighted by atomic mass is 15.2. The molecule has 0 bridgehead atoms.